The summed E-state index contributed by atoms with van der Waals surface area (Å²) in [6.45, 7) is 0.627. The molecule has 0 amide bonds. The molecule has 0 aliphatic carbocycles. The number of nitrogens with zero attached hydrogens (tertiary/aromatic N) is 2. The molecule has 0 radical (unpaired) electrons. The van der Waals surface area contributed by atoms with Gasteiger partial charge in [-0.2, -0.15) is 0 Å². The molecule has 1 N–H and O–H groups in total. The maximum atomic E-state index is 11.5. The van der Waals surface area contributed by atoms with Crippen molar-refractivity contribution in [2.75, 3.05) is 13.7 Å². The van der Waals surface area contributed by atoms with Crippen LogP contribution in [-0.2, 0) is 16.6 Å². The number of aryl methyl sites for hydroxylation is 1. The van der Waals surface area contributed by atoms with E-state index in [9.17, 15) is 4.79 Å². The molecule has 2 atom stereocenters. The molecule has 2 aromatic rings. The van der Waals surface area contributed by atoms with Gasteiger partial charge in [-0.3, -0.25) is 9.78 Å². The molecule has 1 fully saturated rings. The molecule has 0 aromatic carbocycles. The molecule has 22 heavy (non-hydrogen) atoms. The van der Waals surface area contributed by atoms with E-state index in [0.717, 1.165) is 17.1 Å². The molecule has 0 spiro atoms. The Morgan fingerprint density at radius 2 is 2.32 bits per heavy atom. The lowest BCUT2D eigenvalue weighted by Crippen LogP contribution is -2.31. The smallest absolute Gasteiger partial charge is 0.323 e. The number of rotatable bonds is 4. The van der Waals surface area contributed by atoms with Gasteiger partial charge < -0.3 is 19.4 Å². The van der Waals surface area contributed by atoms with Gasteiger partial charge in [0.05, 0.1) is 18.5 Å². The summed E-state index contributed by atoms with van der Waals surface area (Å²) in [6.07, 6.45) is 4.27. The molecule has 116 valence electrons. The monoisotopic (exact) mass is 301 g/mol. The van der Waals surface area contributed by atoms with Gasteiger partial charge in [0.1, 0.15) is 17.9 Å². The number of esters is 1. The summed E-state index contributed by atoms with van der Waals surface area (Å²) in [5.74, 6) is 0.508. The van der Waals surface area contributed by atoms with Crippen LogP contribution in [0.3, 0.4) is 0 Å². The Bertz CT molecular complexity index is 668. The molecule has 0 unspecified atom stereocenters. The highest BCUT2D eigenvalue weighted by atomic mass is 16.5. The van der Waals surface area contributed by atoms with E-state index in [1.165, 1.54) is 7.11 Å². The Morgan fingerprint density at radius 1 is 1.45 bits per heavy atom. The third-order valence-electron chi connectivity index (χ3n) is 3.82. The van der Waals surface area contributed by atoms with E-state index >= 15 is 0 Å². The number of methoxy groups -OCH3 is 1. The molecule has 6 heteroatoms. The highest BCUT2D eigenvalue weighted by Gasteiger charge is 2.31. The van der Waals surface area contributed by atoms with E-state index in [1.807, 2.05) is 42.1 Å². The van der Waals surface area contributed by atoms with Crippen LogP contribution in [0.4, 0.5) is 0 Å². The van der Waals surface area contributed by atoms with Crippen LogP contribution in [0.1, 0.15) is 6.42 Å². The predicted octanol–water partition coefficient (Wildman–Crippen LogP) is 1.37. The van der Waals surface area contributed by atoms with Crippen molar-refractivity contribution in [3.63, 3.8) is 0 Å². The highest BCUT2D eigenvalue weighted by molar-refractivity contribution is 5.76. The van der Waals surface area contributed by atoms with Crippen LogP contribution in [0, 0.1) is 0 Å². The highest BCUT2D eigenvalue weighted by Crippen LogP contribution is 2.23. The molecule has 3 heterocycles. The number of carbonyl (C=O) groups excluding carboxylic acids is 1. The Balaban J connectivity index is 1.69. The van der Waals surface area contributed by atoms with Crippen LogP contribution in [0.2, 0.25) is 0 Å². The number of aromatic nitrogens is 2. The van der Waals surface area contributed by atoms with Gasteiger partial charge in [0.2, 0.25) is 0 Å². The minimum absolute atomic E-state index is 0.0484. The number of ether oxygens (including phenoxy) is 2. The van der Waals surface area contributed by atoms with Crippen molar-refractivity contribution in [1.82, 2.24) is 14.9 Å². The first-order valence-corrected chi connectivity index (χ1v) is 7.23. The summed E-state index contributed by atoms with van der Waals surface area (Å²) >= 11 is 0. The number of hydrogen-bond donors (Lipinski definition) is 1. The van der Waals surface area contributed by atoms with E-state index in [0.29, 0.717) is 13.0 Å². The zero-order valence-corrected chi connectivity index (χ0v) is 12.7. The van der Waals surface area contributed by atoms with E-state index in [-0.39, 0.29) is 18.1 Å². The van der Waals surface area contributed by atoms with Crippen molar-refractivity contribution < 1.29 is 14.3 Å². The second-order valence-corrected chi connectivity index (χ2v) is 5.34. The summed E-state index contributed by atoms with van der Waals surface area (Å²) in [5, 5.41) is 3.11. The number of pyridine rings is 1. The van der Waals surface area contributed by atoms with Gasteiger partial charge in [-0.15, -0.1) is 0 Å². The van der Waals surface area contributed by atoms with E-state index < -0.39 is 0 Å². The third-order valence-corrected chi connectivity index (χ3v) is 3.82. The predicted molar refractivity (Wildman–Crippen MR) is 81.5 cm³/mol. The maximum absolute atomic E-state index is 11.5. The molecule has 3 rings (SSSR count). The number of nitrogens with one attached hydrogen (secondary N) is 1. The van der Waals surface area contributed by atoms with Crippen molar-refractivity contribution >= 4 is 5.97 Å². The van der Waals surface area contributed by atoms with Gasteiger partial charge in [0, 0.05) is 38.5 Å². The number of carbonyl (C=O) groups is 1. The molecule has 1 saturated heterocycles. The van der Waals surface area contributed by atoms with E-state index in [4.69, 9.17) is 9.47 Å². The quantitative estimate of drug-likeness (QED) is 0.864. The van der Waals surface area contributed by atoms with Crippen molar-refractivity contribution in [1.29, 1.82) is 0 Å². The largest absolute Gasteiger partial charge is 0.489 e. The lowest BCUT2D eigenvalue weighted by Gasteiger charge is -2.13. The summed E-state index contributed by atoms with van der Waals surface area (Å²) in [6, 6.07) is 7.45. The molecule has 1 aliphatic heterocycles. The summed E-state index contributed by atoms with van der Waals surface area (Å²) in [7, 11) is 3.37. The van der Waals surface area contributed by atoms with Crippen LogP contribution >= 0.6 is 0 Å². The standard InChI is InChI=1S/C16H19N3O3/c1-19-7-3-4-15(19)13-8-11(5-6-17-13)22-12-9-14(18-10-12)16(20)21-2/h3-8,12,14,18H,9-10H2,1-2H3/t12-,14+/m1/s1. The summed E-state index contributed by atoms with van der Waals surface area (Å²) in [4.78, 5) is 15.9. The Labute approximate surface area is 129 Å². The molecule has 1 aliphatic rings. The van der Waals surface area contributed by atoms with Crippen molar-refractivity contribution in [2.24, 2.45) is 7.05 Å². The number of hydrogen-bond acceptors (Lipinski definition) is 5. The summed E-state index contributed by atoms with van der Waals surface area (Å²) in [5.41, 5.74) is 1.89. The van der Waals surface area contributed by atoms with Crippen LogP contribution in [0.25, 0.3) is 11.4 Å². The van der Waals surface area contributed by atoms with Gasteiger partial charge in [-0.1, -0.05) is 0 Å². The normalized spacial score (nSPS) is 20.8. The zero-order chi connectivity index (χ0) is 15.5. The van der Waals surface area contributed by atoms with E-state index in [2.05, 4.69) is 10.3 Å². The SMILES string of the molecule is COC(=O)[C@@H]1C[C@@H](Oc2ccnc(-c3cccn3C)c2)CN1. The average Bonchev–Trinajstić information content (AvgIpc) is 3.16. The van der Waals surface area contributed by atoms with Crippen molar-refractivity contribution in [2.45, 2.75) is 18.6 Å². The fourth-order valence-corrected chi connectivity index (χ4v) is 2.66. The van der Waals surface area contributed by atoms with E-state index in [1.54, 1.807) is 6.20 Å². The van der Waals surface area contributed by atoms with Crippen LogP contribution in [-0.4, -0.2) is 41.3 Å². The fraction of sp³-hybridized carbons (Fsp3) is 0.375. The molecular weight excluding hydrogens is 282 g/mol. The van der Waals surface area contributed by atoms with Gasteiger partial charge in [-0.05, 0) is 18.2 Å². The van der Waals surface area contributed by atoms with Gasteiger partial charge in [0.25, 0.3) is 0 Å². The van der Waals surface area contributed by atoms with Gasteiger partial charge in [-0.25, -0.2) is 0 Å². The summed E-state index contributed by atoms with van der Waals surface area (Å²) < 4.78 is 12.7. The van der Waals surface area contributed by atoms with Gasteiger partial charge in [0.15, 0.2) is 0 Å². The second kappa shape index (κ2) is 6.19. The molecular formula is C16H19N3O3. The zero-order valence-electron chi connectivity index (χ0n) is 12.7. The molecule has 0 bridgehead atoms. The molecule has 0 saturated carbocycles. The molecule has 2 aromatic heterocycles. The van der Waals surface area contributed by atoms with Crippen LogP contribution in [0.5, 0.6) is 5.75 Å². The minimum Gasteiger partial charge on any atom is -0.489 e. The van der Waals surface area contributed by atoms with Gasteiger partial charge >= 0.3 is 5.97 Å². The van der Waals surface area contributed by atoms with Crippen molar-refractivity contribution in [3.8, 4) is 17.1 Å². The first-order chi connectivity index (χ1) is 10.7. The van der Waals surface area contributed by atoms with Crippen LogP contribution < -0.4 is 10.1 Å². The third kappa shape index (κ3) is 2.96. The lowest BCUT2D eigenvalue weighted by atomic mass is 10.2. The van der Waals surface area contributed by atoms with Crippen molar-refractivity contribution in [3.05, 3.63) is 36.7 Å². The van der Waals surface area contributed by atoms with Crippen LogP contribution in [0.15, 0.2) is 36.7 Å². The lowest BCUT2D eigenvalue weighted by molar-refractivity contribution is -0.142. The Hall–Kier alpha value is -2.34. The Kier molecular flexibility index (Phi) is 4.11. The Morgan fingerprint density at radius 3 is 3.05 bits per heavy atom. The maximum Gasteiger partial charge on any atom is 0.323 e. The average molecular weight is 301 g/mol. The minimum atomic E-state index is -0.288. The topological polar surface area (TPSA) is 65.4 Å². The first kappa shape index (κ1) is 14.6. The second-order valence-electron chi connectivity index (χ2n) is 5.34. The fourth-order valence-electron chi connectivity index (χ4n) is 2.66. The molecule has 6 nitrogen and oxygen atoms in total. The first-order valence-electron chi connectivity index (χ1n) is 7.23.